The molecule has 1 aliphatic heterocycles. The van der Waals surface area contributed by atoms with Crippen molar-refractivity contribution in [3.05, 3.63) is 66.4 Å². The van der Waals surface area contributed by atoms with Gasteiger partial charge >= 0.3 is 6.03 Å². The lowest BCUT2D eigenvalue weighted by Gasteiger charge is -2.21. The lowest BCUT2D eigenvalue weighted by Crippen LogP contribution is -2.37. The number of amides is 2. The SMILES string of the molecule is C[C@@H]1CCCN1C(=O)Nc1cc(Oc2ccc3c(c2)nc(Nc2cccc(C(C)(C)C)c2)n3C)ccn1. The molecule has 37 heavy (non-hydrogen) atoms. The number of fused-ring (bicyclic) bond motifs is 1. The normalized spacial score (nSPS) is 15.7. The van der Waals surface area contributed by atoms with Crippen LogP contribution in [-0.2, 0) is 12.5 Å². The van der Waals surface area contributed by atoms with E-state index in [-0.39, 0.29) is 17.5 Å². The van der Waals surface area contributed by atoms with E-state index in [0.717, 1.165) is 42.1 Å². The molecule has 1 aliphatic rings. The molecule has 3 heterocycles. The molecular weight excluding hydrogens is 464 g/mol. The number of urea groups is 1. The molecule has 8 nitrogen and oxygen atoms in total. The minimum atomic E-state index is -0.127. The van der Waals surface area contributed by atoms with Crippen molar-refractivity contribution < 1.29 is 9.53 Å². The van der Waals surface area contributed by atoms with Gasteiger partial charge in [-0.2, -0.15) is 0 Å². The van der Waals surface area contributed by atoms with E-state index in [1.165, 1.54) is 5.56 Å². The summed E-state index contributed by atoms with van der Waals surface area (Å²) in [5.74, 6) is 2.46. The second kappa shape index (κ2) is 9.76. The average molecular weight is 499 g/mol. The fraction of sp³-hybridized carbons (Fsp3) is 0.345. The van der Waals surface area contributed by atoms with Crippen LogP contribution in [-0.4, -0.2) is 38.1 Å². The molecule has 192 valence electrons. The largest absolute Gasteiger partial charge is 0.457 e. The number of nitrogens with one attached hydrogen (secondary N) is 2. The number of likely N-dealkylation sites (tertiary alicyclic amines) is 1. The van der Waals surface area contributed by atoms with Gasteiger partial charge in [0.05, 0.1) is 11.0 Å². The predicted molar refractivity (Wildman–Crippen MR) is 148 cm³/mol. The fourth-order valence-corrected chi connectivity index (χ4v) is 4.64. The zero-order chi connectivity index (χ0) is 26.2. The van der Waals surface area contributed by atoms with Crippen LogP contribution < -0.4 is 15.4 Å². The molecule has 4 aromatic rings. The van der Waals surface area contributed by atoms with Crippen molar-refractivity contribution >= 4 is 34.5 Å². The number of carbonyl (C=O) groups excluding carboxylic acids is 1. The molecule has 2 aromatic carbocycles. The molecule has 1 atom stereocenters. The van der Waals surface area contributed by atoms with Gasteiger partial charge in [-0.15, -0.1) is 0 Å². The maximum atomic E-state index is 12.6. The number of pyridine rings is 1. The highest BCUT2D eigenvalue weighted by atomic mass is 16.5. The highest BCUT2D eigenvalue weighted by Crippen LogP contribution is 2.30. The molecule has 0 aliphatic carbocycles. The van der Waals surface area contributed by atoms with Gasteiger partial charge in [-0.1, -0.05) is 32.9 Å². The van der Waals surface area contributed by atoms with E-state index in [9.17, 15) is 4.79 Å². The smallest absolute Gasteiger partial charge is 0.323 e. The molecule has 0 bridgehead atoms. The summed E-state index contributed by atoms with van der Waals surface area (Å²) in [6, 6.07) is 17.9. The highest BCUT2D eigenvalue weighted by Gasteiger charge is 2.25. The zero-order valence-electron chi connectivity index (χ0n) is 22.1. The van der Waals surface area contributed by atoms with E-state index < -0.39 is 0 Å². The second-order valence-corrected chi connectivity index (χ2v) is 10.7. The Bertz CT molecular complexity index is 1440. The van der Waals surface area contributed by atoms with Crippen LogP contribution in [0.5, 0.6) is 11.5 Å². The summed E-state index contributed by atoms with van der Waals surface area (Å²) in [7, 11) is 1.99. The molecule has 5 rings (SSSR count). The lowest BCUT2D eigenvalue weighted by atomic mass is 9.87. The van der Waals surface area contributed by atoms with E-state index >= 15 is 0 Å². The Hall–Kier alpha value is -4.07. The minimum absolute atomic E-state index is 0.0680. The van der Waals surface area contributed by atoms with Crippen LogP contribution in [0.2, 0.25) is 0 Å². The summed E-state index contributed by atoms with van der Waals surface area (Å²) in [4.78, 5) is 23.5. The number of rotatable bonds is 5. The van der Waals surface area contributed by atoms with Crippen LogP contribution in [0.25, 0.3) is 11.0 Å². The lowest BCUT2D eigenvalue weighted by molar-refractivity contribution is 0.210. The van der Waals surface area contributed by atoms with E-state index in [4.69, 9.17) is 9.72 Å². The molecule has 0 spiro atoms. The number of imidazole rings is 1. The molecule has 2 aromatic heterocycles. The van der Waals surface area contributed by atoms with Gasteiger partial charge in [0.2, 0.25) is 5.95 Å². The Balaban J connectivity index is 1.32. The first-order valence-corrected chi connectivity index (χ1v) is 12.7. The van der Waals surface area contributed by atoms with Gasteiger partial charge in [-0.25, -0.2) is 14.8 Å². The number of aryl methyl sites for hydroxylation is 1. The summed E-state index contributed by atoms with van der Waals surface area (Å²) >= 11 is 0. The monoisotopic (exact) mass is 498 g/mol. The van der Waals surface area contributed by atoms with E-state index in [1.807, 2.05) is 40.8 Å². The summed E-state index contributed by atoms with van der Waals surface area (Å²) in [5.41, 5.74) is 4.13. The molecule has 0 unspecified atom stereocenters. The third-order valence-electron chi connectivity index (χ3n) is 6.85. The highest BCUT2D eigenvalue weighted by molar-refractivity contribution is 5.89. The molecular formula is C29H34N6O2. The van der Waals surface area contributed by atoms with Crippen LogP contribution in [0.15, 0.2) is 60.8 Å². The van der Waals surface area contributed by atoms with Crippen molar-refractivity contribution in [3.63, 3.8) is 0 Å². The Morgan fingerprint density at radius 2 is 1.89 bits per heavy atom. The quantitative estimate of drug-likeness (QED) is 0.315. The van der Waals surface area contributed by atoms with E-state index in [0.29, 0.717) is 17.3 Å². The summed E-state index contributed by atoms with van der Waals surface area (Å²) < 4.78 is 8.13. The van der Waals surface area contributed by atoms with E-state index in [2.05, 4.69) is 61.5 Å². The van der Waals surface area contributed by atoms with Crippen LogP contribution in [0.3, 0.4) is 0 Å². The molecule has 8 heteroatoms. The third-order valence-corrected chi connectivity index (χ3v) is 6.85. The number of ether oxygens (including phenoxy) is 1. The van der Waals surface area contributed by atoms with Crippen molar-refractivity contribution in [3.8, 4) is 11.5 Å². The van der Waals surface area contributed by atoms with Gasteiger partial charge in [-0.3, -0.25) is 5.32 Å². The topological polar surface area (TPSA) is 84.3 Å². The molecule has 0 radical (unpaired) electrons. The Kier molecular flexibility index (Phi) is 6.50. The number of carbonyl (C=O) groups is 1. The van der Waals surface area contributed by atoms with Crippen molar-refractivity contribution in [1.82, 2.24) is 19.4 Å². The van der Waals surface area contributed by atoms with Crippen LogP contribution in [0.4, 0.5) is 22.2 Å². The third kappa shape index (κ3) is 5.38. The molecule has 1 saturated heterocycles. The van der Waals surface area contributed by atoms with Crippen molar-refractivity contribution in [2.75, 3.05) is 17.2 Å². The van der Waals surface area contributed by atoms with Crippen molar-refractivity contribution in [1.29, 1.82) is 0 Å². The first-order valence-electron chi connectivity index (χ1n) is 12.7. The predicted octanol–water partition coefficient (Wildman–Crippen LogP) is 6.82. The summed E-state index contributed by atoms with van der Waals surface area (Å²) in [5, 5.41) is 6.34. The van der Waals surface area contributed by atoms with Gasteiger partial charge in [0.15, 0.2) is 0 Å². The Morgan fingerprint density at radius 1 is 1.08 bits per heavy atom. The number of benzene rings is 2. The Morgan fingerprint density at radius 3 is 2.65 bits per heavy atom. The summed E-state index contributed by atoms with van der Waals surface area (Å²) in [6.07, 6.45) is 3.69. The average Bonchev–Trinajstić information content (AvgIpc) is 3.41. The molecule has 2 amide bonds. The minimum Gasteiger partial charge on any atom is -0.457 e. The number of anilines is 3. The molecule has 0 saturated carbocycles. The van der Waals surface area contributed by atoms with Gasteiger partial charge < -0.3 is 19.5 Å². The van der Waals surface area contributed by atoms with Gasteiger partial charge in [0.25, 0.3) is 0 Å². The first kappa shape index (κ1) is 24.6. The maximum absolute atomic E-state index is 12.6. The first-order chi connectivity index (χ1) is 17.7. The number of hydrogen-bond acceptors (Lipinski definition) is 5. The van der Waals surface area contributed by atoms with Crippen LogP contribution in [0, 0.1) is 0 Å². The fourth-order valence-electron chi connectivity index (χ4n) is 4.64. The molecule has 2 N–H and O–H groups in total. The van der Waals surface area contributed by atoms with Gasteiger partial charge in [0.1, 0.15) is 17.3 Å². The van der Waals surface area contributed by atoms with Crippen molar-refractivity contribution in [2.24, 2.45) is 7.05 Å². The van der Waals surface area contributed by atoms with Crippen molar-refractivity contribution in [2.45, 2.75) is 52.0 Å². The number of nitrogens with zero attached hydrogens (tertiary/aromatic N) is 4. The molecule has 1 fully saturated rings. The zero-order valence-corrected chi connectivity index (χ0v) is 22.1. The standard InChI is InChI=1S/C29H34N6O2/c1-19-8-7-15-35(19)28(36)33-26-18-23(13-14-30-26)37-22-11-12-25-24(17-22)32-27(34(25)5)31-21-10-6-9-20(16-21)29(2,3)4/h6,9-14,16-19H,7-8,15H2,1-5H3,(H,31,32)(H,30,33,36)/t19-/m1/s1. The number of aromatic nitrogens is 3. The van der Waals surface area contributed by atoms with Crippen LogP contribution in [0.1, 0.15) is 46.1 Å². The van der Waals surface area contributed by atoms with Gasteiger partial charge in [-0.05, 0) is 61.1 Å². The second-order valence-electron chi connectivity index (χ2n) is 10.7. The Labute approximate surface area is 217 Å². The summed E-state index contributed by atoms with van der Waals surface area (Å²) in [6.45, 7) is 9.45. The van der Waals surface area contributed by atoms with Gasteiger partial charge in [0, 0.05) is 43.7 Å². The number of hydrogen-bond donors (Lipinski definition) is 2. The maximum Gasteiger partial charge on any atom is 0.323 e. The van der Waals surface area contributed by atoms with Crippen LogP contribution >= 0.6 is 0 Å². The van der Waals surface area contributed by atoms with E-state index in [1.54, 1.807) is 18.3 Å².